The first-order chi connectivity index (χ1) is 17.2. The van der Waals surface area contributed by atoms with E-state index in [0.717, 1.165) is 25.8 Å². The first kappa shape index (κ1) is 20.7. The van der Waals surface area contributed by atoms with Gasteiger partial charge in [-0.2, -0.15) is 0 Å². The summed E-state index contributed by atoms with van der Waals surface area (Å²) in [7, 11) is 0. The van der Waals surface area contributed by atoms with Crippen molar-refractivity contribution in [1.82, 2.24) is 5.32 Å². The molecule has 0 bridgehead atoms. The summed E-state index contributed by atoms with van der Waals surface area (Å²) >= 11 is 0. The van der Waals surface area contributed by atoms with Gasteiger partial charge in [0.15, 0.2) is 0 Å². The minimum absolute atomic E-state index is 0.0112. The van der Waals surface area contributed by atoms with Gasteiger partial charge in [0, 0.05) is 0 Å². The highest BCUT2D eigenvalue weighted by Crippen LogP contribution is 2.41. The van der Waals surface area contributed by atoms with Crippen molar-refractivity contribution in [3.8, 4) is 0 Å². The maximum Gasteiger partial charge on any atom is 0.0829 e. The van der Waals surface area contributed by atoms with Gasteiger partial charge in [0.2, 0.25) is 0 Å². The fraction of sp³-hybridized carbons (Fsp3) is 0.242. The van der Waals surface area contributed by atoms with Crippen molar-refractivity contribution in [2.24, 2.45) is 4.99 Å². The first-order valence-corrected chi connectivity index (χ1v) is 12.9. The average molecular weight is 455 g/mol. The maximum absolute atomic E-state index is 4.50. The molecule has 2 atom stereocenters. The molecule has 2 nitrogen and oxygen atoms in total. The van der Waals surface area contributed by atoms with E-state index < -0.39 is 0 Å². The lowest BCUT2D eigenvalue weighted by molar-refractivity contribution is 0.452. The quantitative estimate of drug-likeness (QED) is 0.283. The Morgan fingerprint density at radius 3 is 2.37 bits per heavy atom. The second-order valence-electron chi connectivity index (χ2n) is 10.7. The van der Waals surface area contributed by atoms with Crippen LogP contribution in [0.2, 0.25) is 0 Å². The molecule has 0 saturated carbocycles. The van der Waals surface area contributed by atoms with E-state index in [2.05, 4.69) is 102 Å². The summed E-state index contributed by atoms with van der Waals surface area (Å²) in [6, 6.07) is 31.8. The van der Waals surface area contributed by atoms with Crippen molar-refractivity contribution in [1.29, 1.82) is 0 Å². The average Bonchev–Trinajstić information content (AvgIpc) is 3.34. The molecule has 0 fully saturated rings. The van der Waals surface area contributed by atoms with Crippen LogP contribution in [0.5, 0.6) is 0 Å². The monoisotopic (exact) mass is 454 g/mol. The molecule has 1 aliphatic heterocycles. The van der Waals surface area contributed by atoms with Gasteiger partial charge in [-0.1, -0.05) is 84.9 Å². The number of benzene rings is 5. The predicted molar refractivity (Wildman–Crippen MR) is 149 cm³/mol. The SMILES string of the molecule is CC1(Cc2c(C3CCc4c(ccc5c4ccc4ccccc45)C3)ccc3ccccc23)CN=CN1. The Morgan fingerprint density at radius 2 is 1.54 bits per heavy atom. The van der Waals surface area contributed by atoms with Gasteiger partial charge in [-0.15, -0.1) is 0 Å². The lowest BCUT2D eigenvalue weighted by Gasteiger charge is -2.31. The Hall–Kier alpha value is -3.65. The number of nitrogens with one attached hydrogen (secondary N) is 1. The largest absolute Gasteiger partial charge is 0.369 e. The summed E-state index contributed by atoms with van der Waals surface area (Å²) in [6.45, 7) is 3.14. The van der Waals surface area contributed by atoms with E-state index in [9.17, 15) is 0 Å². The molecule has 35 heavy (non-hydrogen) atoms. The molecule has 0 spiro atoms. The first-order valence-electron chi connectivity index (χ1n) is 12.9. The maximum atomic E-state index is 4.50. The molecule has 1 N–H and O–H groups in total. The second kappa shape index (κ2) is 7.95. The van der Waals surface area contributed by atoms with Gasteiger partial charge in [0.25, 0.3) is 0 Å². The summed E-state index contributed by atoms with van der Waals surface area (Å²) in [5.41, 5.74) is 6.11. The predicted octanol–water partition coefficient (Wildman–Crippen LogP) is 7.35. The Balaban J connectivity index is 1.31. The summed E-state index contributed by atoms with van der Waals surface area (Å²) in [5, 5.41) is 11.8. The summed E-state index contributed by atoms with van der Waals surface area (Å²) in [4.78, 5) is 4.50. The molecular formula is C33H30N2. The van der Waals surface area contributed by atoms with Crippen molar-refractivity contribution in [2.75, 3.05) is 6.54 Å². The van der Waals surface area contributed by atoms with E-state index in [-0.39, 0.29) is 5.54 Å². The number of rotatable bonds is 3. The van der Waals surface area contributed by atoms with Crippen LogP contribution in [0.15, 0.2) is 89.9 Å². The Bertz CT molecular complexity index is 1620. The van der Waals surface area contributed by atoms with Crippen molar-refractivity contribution in [3.05, 3.63) is 107 Å². The molecule has 5 aromatic carbocycles. The van der Waals surface area contributed by atoms with Crippen molar-refractivity contribution < 1.29 is 0 Å². The minimum atomic E-state index is -0.0112. The van der Waals surface area contributed by atoms with E-state index in [1.807, 2.05) is 6.34 Å². The van der Waals surface area contributed by atoms with Gasteiger partial charge in [-0.05, 0) is 93.1 Å². The fourth-order valence-electron chi connectivity index (χ4n) is 6.56. The fourth-order valence-corrected chi connectivity index (χ4v) is 6.56. The third-order valence-corrected chi connectivity index (χ3v) is 8.37. The third kappa shape index (κ3) is 3.43. The zero-order valence-corrected chi connectivity index (χ0v) is 20.2. The molecule has 7 rings (SSSR count). The van der Waals surface area contributed by atoms with Crippen LogP contribution in [-0.4, -0.2) is 18.4 Å². The topological polar surface area (TPSA) is 24.4 Å². The smallest absolute Gasteiger partial charge is 0.0829 e. The Morgan fingerprint density at radius 1 is 0.800 bits per heavy atom. The minimum Gasteiger partial charge on any atom is -0.369 e. The third-order valence-electron chi connectivity index (χ3n) is 8.37. The van der Waals surface area contributed by atoms with Crippen LogP contribution in [0.3, 0.4) is 0 Å². The molecule has 5 aromatic rings. The highest BCUT2D eigenvalue weighted by atomic mass is 15.1. The highest BCUT2D eigenvalue weighted by molar-refractivity contribution is 6.08. The van der Waals surface area contributed by atoms with Crippen molar-refractivity contribution in [2.45, 2.75) is 44.1 Å². The van der Waals surface area contributed by atoms with Crippen LogP contribution >= 0.6 is 0 Å². The number of fused-ring (bicyclic) bond motifs is 6. The molecule has 0 radical (unpaired) electrons. The summed E-state index contributed by atoms with van der Waals surface area (Å²) < 4.78 is 0. The van der Waals surface area contributed by atoms with Gasteiger partial charge in [0.1, 0.15) is 0 Å². The number of hydrogen-bond donors (Lipinski definition) is 1. The number of aliphatic imine (C=N–C) groups is 1. The van der Waals surface area contributed by atoms with Gasteiger partial charge in [0.05, 0.1) is 18.4 Å². The number of aryl methyl sites for hydroxylation is 1. The van der Waals surface area contributed by atoms with E-state index in [1.54, 1.807) is 5.56 Å². The molecule has 2 aliphatic rings. The van der Waals surface area contributed by atoms with Gasteiger partial charge in [-0.25, -0.2) is 0 Å². The van der Waals surface area contributed by atoms with Crippen LogP contribution in [0, 0.1) is 0 Å². The zero-order valence-electron chi connectivity index (χ0n) is 20.2. The molecule has 2 heteroatoms. The molecular weight excluding hydrogens is 424 g/mol. The molecule has 1 heterocycles. The van der Waals surface area contributed by atoms with Crippen LogP contribution in [0.25, 0.3) is 32.3 Å². The van der Waals surface area contributed by atoms with Gasteiger partial charge >= 0.3 is 0 Å². The standard InChI is InChI=1S/C33H30N2/c1-33(20-34-21-35-33)19-32-27-9-5-3-7-23(27)10-14-29(32)25-12-15-28-24(18-25)13-17-30-26-8-4-2-6-22(26)11-16-31(28)30/h2-11,13-14,16-17,21,25H,12,15,18-20H2,1H3,(H,34,35). The Labute approximate surface area is 206 Å². The summed E-state index contributed by atoms with van der Waals surface area (Å²) in [5.74, 6) is 0.547. The lowest BCUT2D eigenvalue weighted by Crippen LogP contribution is -2.42. The van der Waals surface area contributed by atoms with Gasteiger partial charge in [-0.3, -0.25) is 4.99 Å². The molecule has 2 unspecified atom stereocenters. The molecule has 0 saturated heterocycles. The second-order valence-corrected chi connectivity index (χ2v) is 10.7. The lowest BCUT2D eigenvalue weighted by atomic mass is 9.75. The summed E-state index contributed by atoms with van der Waals surface area (Å²) in [6.07, 6.45) is 6.34. The number of hydrogen-bond acceptors (Lipinski definition) is 2. The van der Waals surface area contributed by atoms with Crippen LogP contribution < -0.4 is 5.32 Å². The van der Waals surface area contributed by atoms with Crippen LogP contribution in [-0.2, 0) is 19.3 Å². The van der Waals surface area contributed by atoms with E-state index in [1.165, 1.54) is 55.4 Å². The molecule has 0 aromatic heterocycles. The van der Waals surface area contributed by atoms with Crippen molar-refractivity contribution in [3.63, 3.8) is 0 Å². The zero-order chi connectivity index (χ0) is 23.4. The van der Waals surface area contributed by atoms with E-state index >= 15 is 0 Å². The highest BCUT2D eigenvalue weighted by Gasteiger charge is 2.31. The molecule has 1 aliphatic carbocycles. The van der Waals surface area contributed by atoms with E-state index in [0.29, 0.717) is 5.92 Å². The van der Waals surface area contributed by atoms with Crippen molar-refractivity contribution >= 4 is 38.7 Å². The van der Waals surface area contributed by atoms with Gasteiger partial charge < -0.3 is 5.32 Å². The normalized spacial score (nSPS) is 21.5. The van der Waals surface area contributed by atoms with E-state index in [4.69, 9.17) is 0 Å². The molecule has 172 valence electrons. The number of nitrogens with zero attached hydrogens (tertiary/aromatic N) is 1. The Kier molecular flexibility index (Phi) is 4.70. The van der Waals surface area contributed by atoms with Crippen LogP contribution in [0.4, 0.5) is 0 Å². The molecule has 0 amide bonds. The van der Waals surface area contributed by atoms with Crippen LogP contribution in [0.1, 0.15) is 41.5 Å².